The van der Waals surface area contributed by atoms with E-state index in [-0.39, 0.29) is 0 Å². The van der Waals surface area contributed by atoms with E-state index in [0.717, 1.165) is 21.4 Å². The standard InChI is InChI=1S/C13H14BrN3O/c1-15-13-11(14)7-16-12(17-13)10-6-4-3-5-9(10)8-18-2/h3-7H,8H2,1-2H3,(H,15,16,17). The molecule has 0 aliphatic heterocycles. The maximum absolute atomic E-state index is 5.19. The molecule has 0 amide bonds. The summed E-state index contributed by atoms with van der Waals surface area (Å²) in [5, 5.41) is 3.03. The minimum atomic E-state index is 0.546. The smallest absolute Gasteiger partial charge is 0.161 e. The van der Waals surface area contributed by atoms with E-state index in [4.69, 9.17) is 4.74 Å². The molecule has 0 spiro atoms. The summed E-state index contributed by atoms with van der Waals surface area (Å²) in [6, 6.07) is 7.97. The zero-order valence-corrected chi connectivity index (χ0v) is 11.9. The Hall–Kier alpha value is -1.46. The van der Waals surface area contributed by atoms with Gasteiger partial charge in [-0.1, -0.05) is 24.3 Å². The van der Waals surface area contributed by atoms with Crippen LogP contribution in [0, 0.1) is 0 Å². The first-order valence-electron chi connectivity index (χ1n) is 5.53. The quantitative estimate of drug-likeness (QED) is 0.943. The summed E-state index contributed by atoms with van der Waals surface area (Å²) in [7, 11) is 3.51. The SMILES string of the molecule is CNc1nc(-c2ccccc2COC)ncc1Br. The van der Waals surface area contributed by atoms with Crippen molar-refractivity contribution in [3.05, 3.63) is 40.5 Å². The second kappa shape index (κ2) is 5.93. The van der Waals surface area contributed by atoms with E-state index in [1.54, 1.807) is 13.3 Å². The maximum atomic E-state index is 5.19. The molecule has 0 fully saturated rings. The summed E-state index contributed by atoms with van der Waals surface area (Å²) < 4.78 is 6.04. The first kappa shape index (κ1) is 13.0. The molecule has 18 heavy (non-hydrogen) atoms. The van der Waals surface area contributed by atoms with E-state index in [1.807, 2.05) is 31.3 Å². The topological polar surface area (TPSA) is 47.0 Å². The minimum Gasteiger partial charge on any atom is -0.380 e. The monoisotopic (exact) mass is 307 g/mol. The number of anilines is 1. The van der Waals surface area contributed by atoms with Crippen LogP contribution in [0.15, 0.2) is 34.9 Å². The third-order valence-corrected chi connectivity index (χ3v) is 3.12. The number of hydrogen-bond acceptors (Lipinski definition) is 4. The number of nitrogens with zero attached hydrogens (tertiary/aromatic N) is 2. The fraction of sp³-hybridized carbons (Fsp3) is 0.231. The van der Waals surface area contributed by atoms with Gasteiger partial charge in [-0.3, -0.25) is 0 Å². The Kier molecular flexibility index (Phi) is 4.28. The Morgan fingerprint density at radius 2 is 2.11 bits per heavy atom. The number of methoxy groups -OCH3 is 1. The molecule has 0 bridgehead atoms. The van der Waals surface area contributed by atoms with E-state index < -0.39 is 0 Å². The Labute approximate surface area is 115 Å². The highest BCUT2D eigenvalue weighted by atomic mass is 79.9. The van der Waals surface area contributed by atoms with Crippen molar-refractivity contribution in [1.82, 2.24) is 9.97 Å². The first-order chi connectivity index (χ1) is 8.76. The molecule has 0 radical (unpaired) electrons. The molecule has 0 saturated heterocycles. The van der Waals surface area contributed by atoms with Crippen LogP contribution in [-0.2, 0) is 11.3 Å². The highest BCUT2D eigenvalue weighted by molar-refractivity contribution is 9.10. The molecule has 94 valence electrons. The number of rotatable bonds is 4. The summed E-state index contributed by atoms with van der Waals surface area (Å²) in [6.45, 7) is 0.546. The molecular formula is C13H14BrN3O. The lowest BCUT2D eigenvalue weighted by atomic mass is 10.1. The van der Waals surface area contributed by atoms with E-state index >= 15 is 0 Å². The third kappa shape index (κ3) is 2.68. The Morgan fingerprint density at radius 1 is 1.33 bits per heavy atom. The van der Waals surface area contributed by atoms with Gasteiger partial charge in [-0.05, 0) is 21.5 Å². The van der Waals surface area contributed by atoms with Gasteiger partial charge in [0.1, 0.15) is 5.82 Å². The molecule has 2 rings (SSSR count). The van der Waals surface area contributed by atoms with Crippen LogP contribution in [-0.4, -0.2) is 24.1 Å². The van der Waals surface area contributed by atoms with Crippen molar-refractivity contribution in [2.45, 2.75) is 6.61 Å². The highest BCUT2D eigenvalue weighted by Gasteiger charge is 2.09. The predicted molar refractivity (Wildman–Crippen MR) is 75.4 cm³/mol. The average Bonchev–Trinajstić information content (AvgIpc) is 2.40. The van der Waals surface area contributed by atoms with Gasteiger partial charge in [0, 0.05) is 25.9 Å². The van der Waals surface area contributed by atoms with Gasteiger partial charge in [-0.2, -0.15) is 0 Å². The number of halogens is 1. The first-order valence-corrected chi connectivity index (χ1v) is 6.33. The molecule has 5 heteroatoms. The number of nitrogens with one attached hydrogen (secondary N) is 1. The third-order valence-electron chi connectivity index (χ3n) is 2.54. The molecule has 1 aromatic carbocycles. The van der Waals surface area contributed by atoms with Gasteiger partial charge in [0.05, 0.1) is 11.1 Å². The van der Waals surface area contributed by atoms with Crippen molar-refractivity contribution in [2.24, 2.45) is 0 Å². The fourth-order valence-corrected chi connectivity index (χ4v) is 2.08. The molecule has 1 N–H and O–H groups in total. The number of ether oxygens (including phenoxy) is 1. The van der Waals surface area contributed by atoms with Crippen LogP contribution < -0.4 is 5.32 Å². The Balaban J connectivity index is 2.48. The number of aromatic nitrogens is 2. The Morgan fingerprint density at radius 3 is 2.83 bits per heavy atom. The van der Waals surface area contributed by atoms with E-state index in [9.17, 15) is 0 Å². The molecule has 2 aromatic rings. The molecule has 4 nitrogen and oxygen atoms in total. The van der Waals surface area contributed by atoms with E-state index in [0.29, 0.717) is 12.4 Å². The zero-order valence-electron chi connectivity index (χ0n) is 10.3. The predicted octanol–water partition coefficient (Wildman–Crippen LogP) is 3.09. The minimum absolute atomic E-state index is 0.546. The summed E-state index contributed by atoms with van der Waals surface area (Å²) in [4.78, 5) is 8.83. The molecule has 0 aliphatic rings. The van der Waals surface area contributed by atoms with Crippen molar-refractivity contribution in [1.29, 1.82) is 0 Å². The van der Waals surface area contributed by atoms with Crippen molar-refractivity contribution in [2.75, 3.05) is 19.5 Å². The largest absolute Gasteiger partial charge is 0.380 e. The summed E-state index contributed by atoms with van der Waals surface area (Å²) in [5.41, 5.74) is 2.06. The van der Waals surface area contributed by atoms with E-state index in [1.165, 1.54) is 0 Å². The normalized spacial score (nSPS) is 10.4. The lowest BCUT2D eigenvalue weighted by molar-refractivity contribution is 0.185. The van der Waals surface area contributed by atoms with Crippen molar-refractivity contribution in [3.8, 4) is 11.4 Å². The van der Waals surface area contributed by atoms with Crippen LogP contribution in [0.25, 0.3) is 11.4 Å². The molecule has 0 saturated carbocycles. The molecular weight excluding hydrogens is 294 g/mol. The van der Waals surface area contributed by atoms with Crippen molar-refractivity contribution >= 4 is 21.7 Å². The number of benzene rings is 1. The van der Waals surface area contributed by atoms with Crippen LogP contribution in [0.2, 0.25) is 0 Å². The summed E-state index contributed by atoms with van der Waals surface area (Å²) in [6.07, 6.45) is 1.75. The second-order valence-corrected chi connectivity index (χ2v) is 4.58. The average molecular weight is 308 g/mol. The van der Waals surface area contributed by atoms with Crippen LogP contribution in [0.5, 0.6) is 0 Å². The number of hydrogen-bond donors (Lipinski definition) is 1. The highest BCUT2D eigenvalue weighted by Crippen LogP contribution is 2.25. The van der Waals surface area contributed by atoms with Gasteiger partial charge < -0.3 is 10.1 Å². The molecule has 0 aliphatic carbocycles. The maximum Gasteiger partial charge on any atom is 0.161 e. The van der Waals surface area contributed by atoms with Gasteiger partial charge in [0.15, 0.2) is 5.82 Å². The second-order valence-electron chi connectivity index (χ2n) is 3.73. The summed E-state index contributed by atoms with van der Waals surface area (Å²) >= 11 is 3.40. The molecule has 0 unspecified atom stereocenters. The van der Waals surface area contributed by atoms with Gasteiger partial charge >= 0.3 is 0 Å². The van der Waals surface area contributed by atoms with Crippen LogP contribution in [0.1, 0.15) is 5.56 Å². The van der Waals surface area contributed by atoms with Gasteiger partial charge in [0.25, 0.3) is 0 Å². The van der Waals surface area contributed by atoms with Gasteiger partial charge in [0.2, 0.25) is 0 Å². The lowest BCUT2D eigenvalue weighted by Gasteiger charge is -2.09. The molecule has 1 heterocycles. The van der Waals surface area contributed by atoms with Crippen LogP contribution >= 0.6 is 15.9 Å². The summed E-state index contributed by atoms with van der Waals surface area (Å²) in [5.74, 6) is 1.46. The zero-order chi connectivity index (χ0) is 13.0. The Bertz CT molecular complexity index is 546. The van der Waals surface area contributed by atoms with Crippen LogP contribution in [0.4, 0.5) is 5.82 Å². The van der Waals surface area contributed by atoms with E-state index in [2.05, 4.69) is 31.2 Å². The molecule has 1 aromatic heterocycles. The molecule has 0 atom stereocenters. The van der Waals surface area contributed by atoms with Gasteiger partial charge in [-0.15, -0.1) is 0 Å². The van der Waals surface area contributed by atoms with Crippen LogP contribution in [0.3, 0.4) is 0 Å². The lowest BCUT2D eigenvalue weighted by Crippen LogP contribution is -2.00. The van der Waals surface area contributed by atoms with Crippen molar-refractivity contribution in [3.63, 3.8) is 0 Å². The fourth-order valence-electron chi connectivity index (χ4n) is 1.69. The van der Waals surface area contributed by atoms with Crippen molar-refractivity contribution < 1.29 is 4.74 Å². The van der Waals surface area contributed by atoms with Gasteiger partial charge in [-0.25, -0.2) is 9.97 Å².